The molecule has 1 aliphatic rings. The minimum absolute atomic E-state index is 0.134. The van der Waals surface area contributed by atoms with Gasteiger partial charge in [0.1, 0.15) is 12.3 Å². The van der Waals surface area contributed by atoms with Gasteiger partial charge in [0.2, 0.25) is 5.78 Å². The minimum atomic E-state index is -1.03. The fourth-order valence-corrected chi connectivity index (χ4v) is 3.69. The van der Waals surface area contributed by atoms with E-state index in [4.69, 9.17) is 4.74 Å². The van der Waals surface area contributed by atoms with Crippen LogP contribution in [0.1, 0.15) is 43.2 Å². The van der Waals surface area contributed by atoms with Crippen LogP contribution in [0.4, 0.5) is 0 Å². The largest absolute Gasteiger partial charge is 0.497 e. The van der Waals surface area contributed by atoms with Crippen LogP contribution < -0.4 is 4.74 Å². The first-order valence-corrected chi connectivity index (χ1v) is 8.79. The number of aliphatic carboxylic acids is 1. The quantitative estimate of drug-likeness (QED) is 0.768. The lowest BCUT2D eigenvalue weighted by Gasteiger charge is -2.35. The smallest absolute Gasteiger partial charge is 0.323 e. The van der Waals surface area contributed by atoms with Gasteiger partial charge in [-0.05, 0) is 43.7 Å². The standard InChI is InChI=1S/C19H24N2O5/c1-19(7-5-12(11-22)6-8-19)17(25)18-20-14-4-3-13(26-2)9-15(14)21(18)10-16(23)24/h3-4,9,12,22H,5-8,10-11H2,1-2H3,(H,23,24). The van der Waals surface area contributed by atoms with E-state index in [0.29, 0.717) is 29.6 Å². The number of imidazole rings is 1. The fourth-order valence-electron chi connectivity index (χ4n) is 3.69. The number of aliphatic hydroxyl groups excluding tert-OH is 1. The number of ketones is 1. The van der Waals surface area contributed by atoms with Crippen LogP contribution in [0.2, 0.25) is 0 Å². The zero-order valence-corrected chi connectivity index (χ0v) is 15.1. The Morgan fingerprint density at radius 3 is 2.62 bits per heavy atom. The van der Waals surface area contributed by atoms with Crippen LogP contribution in [0.5, 0.6) is 5.75 Å². The summed E-state index contributed by atoms with van der Waals surface area (Å²) < 4.78 is 6.68. The van der Waals surface area contributed by atoms with Crippen molar-refractivity contribution in [3.8, 4) is 5.75 Å². The van der Waals surface area contributed by atoms with E-state index in [-0.39, 0.29) is 30.7 Å². The number of benzene rings is 1. The molecule has 26 heavy (non-hydrogen) atoms. The maximum atomic E-state index is 13.3. The number of hydrogen-bond donors (Lipinski definition) is 2. The van der Waals surface area contributed by atoms with Gasteiger partial charge in [0, 0.05) is 18.1 Å². The highest BCUT2D eigenvalue weighted by Crippen LogP contribution is 2.41. The van der Waals surface area contributed by atoms with Crippen molar-refractivity contribution in [1.82, 2.24) is 9.55 Å². The van der Waals surface area contributed by atoms with Crippen molar-refractivity contribution < 1.29 is 24.5 Å². The lowest BCUT2D eigenvalue weighted by atomic mass is 9.69. The Labute approximate surface area is 151 Å². The zero-order chi connectivity index (χ0) is 18.9. The van der Waals surface area contributed by atoms with Gasteiger partial charge in [-0.15, -0.1) is 0 Å². The number of carboxylic acid groups (broad SMARTS) is 1. The average Bonchev–Trinajstić information content (AvgIpc) is 2.98. The SMILES string of the molecule is COc1ccc2nc(C(=O)C3(C)CCC(CO)CC3)n(CC(=O)O)c2c1. The van der Waals surface area contributed by atoms with Crippen molar-refractivity contribution in [2.24, 2.45) is 11.3 Å². The van der Waals surface area contributed by atoms with Gasteiger partial charge in [0.05, 0.1) is 18.1 Å². The Balaban J connectivity index is 2.03. The molecule has 0 spiro atoms. The number of carbonyl (C=O) groups excluding carboxylic acids is 1. The molecule has 7 nitrogen and oxygen atoms in total. The molecule has 140 valence electrons. The van der Waals surface area contributed by atoms with Crippen molar-refractivity contribution in [3.05, 3.63) is 24.0 Å². The van der Waals surface area contributed by atoms with E-state index in [2.05, 4.69) is 4.98 Å². The molecular weight excluding hydrogens is 336 g/mol. The predicted octanol–water partition coefficient (Wildman–Crippen LogP) is 2.50. The predicted molar refractivity (Wildman–Crippen MR) is 95.4 cm³/mol. The summed E-state index contributed by atoms with van der Waals surface area (Å²) >= 11 is 0. The van der Waals surface area contributed by atoms with Gasteiger partial charge >= 0.3 is 5.97 Å². The monoisotopic (exact) mass is 360 g/mol. The first kappa shape index (κ1) is 18.4. The Morgan fingerprint density at radius 1 is 1.35 bits per heavy atom. The van der Waals surface area contributed by atoms with Crippen LogP contribution in [-0.4, -0.2) is 45.2 Å². The number of methoxy groups -OCH3 is 1. The van der Waals surface area contributed by atoms with Gasteiger partial charge in [0.25, 0.3) is 0 Å². The number of ether oxygens (including phenoxy) is 1. The summed E-state index contributed by atoms with van der Waals surface area (Å²) in [7, 11) is 1.53. The molecule has 2 aromatic rings. The van der Waals surface area contributed by atoms with Gasteiger partial charge in [-0.3, -0.25) is 9.59 Å². The molecule has 7 heteroatoms. The summed E-state index contributed by atoms with van der Waals surface area (Å²) in [5.41, 5.74) is 0.554. The van der Waals surface area contributed by atoms with Crippen molar-refractivity contribution in [3.63, 3.8) is 0 Å². The molecular formula is C19H24N2O5. The number of hydrogen-bond acceptors (Lipinski definition) is 5. The van der Waals surface area contributed by atoms with Crippen LogP contribution >= 0.6 is 0 Å². The van der Waals surface area contributed by atoms with Crippen molar-refractivity contribution in [1.29, 1.82) is 0 Å². The van der Waals surface area contributed by atoms with Gasteiger partial charge in [0.15, 0.2) is 5.82 Å². The summed E-state index contributed by atoms with van der Waals surface area (Å²) in [5, 5.41) is 18.6. The molecule has 0 aliphatic heterocycles. The Kier molecular flexibility index (Phi) is 5.00. The van der Waals surface area contributed by atoms with Gasteiger partial charge in [-0.25, -0.2) is 4.98 Å². The van der Waals surface area contributed by atoms with Crippen LogP contribution in [0.3, 0.4) is 0 Å². The van der Waals surface area contributed by atoms with Crippen LogP contribution in [0.25, 0.3) is 11.0 Å². The molecule has 3 rings (SSSR count). The first-order chi connectivity index (χ1) is 12.4. The molecule has 0 atom stereocenters. The third-order valence-corrected chi connectivity index (χ3v) is 5.47. The van der Waals surface area contributed by atoms with E-state index in [9.17, 15) is 19.8 Å². The van der Waals surface area contributed by atoms with Gasteiger partial charge in [-0.1, -0.05) is 6.92 Å². The van der Waals surface area contributed by atoms with Crippen molar-refractivity contribution >= 4 is 22.8 Å². The Morgan fingerprint density at radius 2 is 2.04 bits per heavy atom. The van der Waals surface area contributed by atoms with E-state index in [1.807, 2.05) is 6.92 Å². The minimum Gasteiger partial charge on any atom is -0.497 e. The summed E-state index contributed by atoms with van der Waals surface area (Å²) in [6, 6.07) is 5.17. The molecule has 0 radical (unpaired) electrons. The molecule has 1 aromatic heterocycles. The second-order valence-electron chi connectivity index (χ2n) is 7.29. The maximum Gasteiger partial charge on any atom is 0.323 e. The lowest BCUT2D eigenvalue weighted by molar-refractivity contribution is -0.137. The molecule has 1 aliphatic carbocycles. The summed E-state index contributed by atoms with van der Waals surface area (Å²) in [6.45, 7) is 1.72. The summed E-state index contributed by atoms with van der Waals surface area (Å²) in [6.07, 6.45) is 2.89. The second-order valence-corrected chi connectivity index (χ2v) is 7.29. The first-order valence-electron chi connectivity index (χ1n) is 8.79. The molecule has 0 saturated heterocycles. The third-order valence-electron chi connectivity index (χ3n) is 5.47. The van der Waals surface area contributed by atoms with Crippen molar-refractivity contribution in [2.45, 2.75) is 39.2 Å². The third kappa shape index (κ3) is 3.31. The number of fused-ring (bicyclic) bond motifs is 1. The van der Waals surface area contributed by atoms with Crippen LogP contribution in [0, 0.1) is 11.3 Å². The van der Waals surface area contributed by atoms with Crippen LogP contribution in [0.15, 0.2) is 18.2 Å². The second kappa shape index (κ2) is 7.07. The Bertz CT molecular complexity index is 834. The molecule has 1 saturated carbocycles. The molecule has 0 bridgehead atoms. The normalized spacial score (nSPS) is 23.1. The maximum absolute atomic E-state index is 13.3. The highest BCUT2D eigenvalue weighted by molar-refractivity contribution is 6.00. The molecule has 1 heterocycles. The van der Waals surface area contributed by atoms with E-state index in [1.54, 1.807) is 18.2 Å². The van der Waals surface area contributed by atoms with Gasteiger partial charge < -0.3 is 19.5 Å². The lowest BCUT2D eigenvalue weighted by Crippen LogP contribution is -2.35. The number of aromatic nitrogens is 2. The number of Topliss-reactive ketones (excluding diaryl/α,β-unsaturated/α-hetero) is 1. The fraction of sp³-hybridized carbons (Fsp3) is 0.526. The zero-order valence-electron chi connectivity index (χ0n) is 15.1. The average molecular weight is 360 g/mol. The summed E-state index contributed by atoms with van der Waals surface area (Å²) in [5.74, 6) is -0.170. The molecule has 0 amide bonds. The number of rotatable bonds is 6. The number of aliphatic hydroxyl groups is 1. The number of nitrogens with zero attached hydrogens (tertiary/aromatic N) is 2. The van der Waals surface area contributed by atoms with Crippen LogP contribution in [-0.2, 0) is 11.3 Å². The molecule has 1 fully saturated rings. The number of carboxylic acids is 1. The highest BCUT2D eigenvalue weighted by Gasteiger charge is 2.40. The highest BCUT2D eigenvalue weighted by atomic mass is 16.5. The number of carbonyl (C=O) groups is 2. The van der Waals surface area contributed by atoms with E-state index in [1.165, 1.54) is 11.7 Å². The topological polar surface area (TPSA) is 102 Å². The Hall–Kier alpha value is -2.41. The summed E-state index contributed by atoms with van der Waals surface area (Å²) in [4.78, 5) is 29.1. The molecule has 1 aromatic carbocycles. The van der Waals surface area contributed by atoms with E-state index < -0.39 is 11.4 Å². The van der Waals surface area contributed by atoms with E-state index in [0.717, 1.165) is 12.8 Å². The van der Waals surface area contributed by atoms with E-state index >= 15 is 0 Å². The molecule has 2 N–H and O–H groups in total. The van der Waals surface area contributed by atoms with Crippen molar-refractivity contribution in [2.75, 3.05) is 13.7 Å². The molecule has 0 unspecified atom stereocenters. The van der Waals surface area contributed by atoms with Gasteiger partial charge in [-0.2, -0.15) is 0 Å².